The Hall–Kier alpha value is -3.54. The third-order valence-corrected chi connectivity index (χ3v) is 5.23. The smallest absolute Gasteiger partial charge is 0.255 e. The fourth-order valence-electron chi connectivity index (χ4n) is 3.52. The van der Waals surface area contributed by atoms with Crippen molar-refractivity contribution < 1.29 is 14.1 Å². The Morgan fingerprint density at radius 2 is 1.90 bits per heavy atom. The Morgan fingerprint density at radius 1 is 1.10 bits per heavy atom. The molecule has 0 saturated heterocycles. The number of carbonyl (C=O) groups is 1. The van der Waals surface area contributed by atoms with Crippen LogP contribution in [-0.4, -0.2) is 22.2 Å². The largest absolute Gasteiger partial charge is 0.488 e. The molecule has 6 heteroatoms. The topological polar surface area (TPSA) is 69.3 Å². The summed E-state index contributed by atoms with van der Waals surface area (Å²) in [6.07, 6.45) is 2.93. The van der Waals surface area contributed by atoms with Crippen molar-refractivity contribution in [2.75, 3.05) is 6.54 Å². The number of ether oxygens (including phenoxy) is 1. The maximum atomic E-state index is 12.7. The number of rotatable bonds is 8. The van der Waals surface area contributed by atoms with Gasteiger partial charge in [0.1, 0.15) is 18.1 Å². The summed E-state index contributed by atoms with van der Waals surface area (Å²) in [6, 6.07) is 17.7. The molecule has 1 amide bonds. The summed E-state index contributed by atoms with van der Waals surface area (Å²) in [4.78, 5) is 12.7. The van der Waals surface area contributed by atoms with Crippen molar-refractivity contribution in [3.8, 4) is 5.75 Å². The number of carbonyl (C=O) groups excluding carboxylic acids is 1. The van der Waals surface area contributed by atoms with Gasteiger partial charge in [0.05, 0.1) is 16.8 Å². The molecule has 2 aromatic heterocycles. The Kier molecular flexibility index (Phi) is 5.84. The van der Waals surface area contributed by atoms with E-state index in [1.54, 1.807) is 12.1 Å². The second-order valence-electron chi connectivity index (χ2n) is 7.26. The molecule has 0 spiro atoms. The molecule has 4 rings (SSSR count). The van der Waals surface area contributed by atoms with Gasteiger partial charge in [0.25, 0.3) is 5.91 Å². The quantitative estimate of drug-likeness (QED) is 0.435. The second-order valence-corrected chi connectivity index (χ2v) is 7.26. The highest BCUT2D eigenvalue weighted by molar-refractivity contribution is 5.96. The van der Waals surface area contributed by atoms with Crippen molar-refractivity contribution >= 4 is 16.8 Å². The highest BCUT2D eigenvalue weighted by Crippen LogP contribution is 2.21. The molecule has 2 heterocycles. The molecule has 4 aromatic rings. The Morgan fingerprint density at radius 3 is 2.73 bits per heavy atom. The fourth-order valence-corrected chi connectivity index (χ4v) is 3.52. The minimum atomic E-state index is -0.137. The van der Waals surface area contributed by atoms with Crippen LogP contribution in [0.3, 0.4) is 0 Å². The molecule has 154 valence electrons. The number of amides is 1. The summed E-state index contributed by atoms with van der Waals surface area (Å²) in [5.74, 6) is 1.14. The number of benzene rings is 2. The summed E-state index contributed by atoms with van der Waals surface area (Å²) < 4.78 is 13.3. The van der Waals surface area contributed by atoms with Gasteiger partial charge in [-0.25, -0.2) is 0 Å². The van der Waals surface area contributed by atoms with E-state index in [9.17, 15) is 4.79 Å². The number of aromatic nitrogens is 2. The van der Waals surface area contributed by atoms with Crippen LogP contribution in [0, 0.1) is 13.8 Å². The molecule has 0 aliphatic carbocycles. The van der Waals surface area contributed by atoms with Gasteiger partial charge in [-0.3, -0.25) is 4.79 Å². The normalized spacial score (nSPS) is 11.0. The van der Waals surface area contributed by atoms with Gasteiger partial charge in [0, 0.05) is 24.8 Å². The van der Waals surface area contributed by atoms with Crippen molar-refractivity contribution in [3.63, 3.8) is 0 Å². The zero-order chi connectivity index (χ0) is 20.9. The lowest BCUT2D eigenvalue weighted by Crippen LogP contribution is -2.25. The average Bonchev–Trinajstić information content (AvgIpc) is 3.32. The molecule has 1 N–H and O–H groups in total. The van der Waals surface area contributed by atoms with Crippen molar-refractivity contribution in [1.29, 1.82) is 0 Å². The fraction of sp³-hybridized carbons (Fsp3) is 0.250. The van der Waals surface area contributed by atoms with E-state index < -0.39 is 0 Å². The molecular weight excluding hydrogens is 378 g/mol. The highest BCUT2D eigenvalue weighted by atomic mass is 16.5. The Bertz CT molecular complexity index is 1140. The van der Waals surface area contributed by atoms with Crippen molar-refractivity contribution in [2.24, 2.45) is 0 Å². The van der Waals surface area contributed by atoms with E-state index in [1.807, 2.05) is 38.1 Å². The van der Waals surface area contributed by atoms with Crippen molar-refractivity contribution in [3.05, 3.63) is 83.4 Å². The predicted molar refractivity (Wildman–Crippen MR) is 116 cm³/mol. The van der Waals surface area contributed by atoms with E-state index in [2.05, 4.69) is 39.4 Å². The predicted octanol–water partition coefficient (Wildman–Crippen LogP) is 4.65. The second kappa shape index (κ2) is 8.86. The van der Waals surface area contributed by atoms with Crippen molar-refractivity contribution in [1.82, 2.24) is 15.0 Å². The lowest BCUT2D eigenvalue weighted by Gasteiger charge is -2.12. The minimum absolute atomic E-state index is 0.137. The molecule has 0 radical (unpaired) electrons. The average molecular weight is 403 g/mol. The molecule has 0 fully saturated rings. The number of para-hydroxylation sites is 2. The Balaban J connectivity index is 1.33. The number of hydrogen-bond donors (Lipinski definition) is 1. The third-order valence-electron chi connectivity index (χ3n) is 5.23. The standard InChI is InChI=1S/C24H25N3O3/c1-17-21(18(2)30-26-17)16-29-23-11-6-4-9-20(23)24(28)25-13-7-14-27-15-12-19-8-3-5-10-22(19)27/h3-6,8-12,15H,7,13-14,16H2,1-2H3,(H,25,28). The van der Waals surface area contributed by atoms with Crippen LogP contribution in [-0.2, 0) is 13.2 Å². The summed E-state index contributed by atoms with van der Waals surface area (Å²) in [5.41, 5.74) is 3.44. The van der Waals surface area contributed by atoms with Crippen LogP contribution in [0.1, 0.15) is 33.8 Å². The van der Waals surface area contributed by atoms with Crippen LogP contribution in [0.25, 0.3) is 10.9 Å². The van der Waals surface area contributed by atoms with Gasteiger partial charge < -0.3 is 19.1 Å². The molecule has 0 atom stereocenters. The van der Waals surface area contributed by atoms with E-state index in [4.69, 9.17) is 9.26 Å². The van der Waals surface area contributed by atoms with Gasteiger partial charge >= 0.3 is 0 Å². The first-order valence-electron chi connectivity index (χ1n) is 10.1. The minimum Gasteiger partial charge on any atom is -0.488 e. The monoisotopic (exact) mass is 403 g/mol. The summed E-state index contributed by atoms with van der Waals surface area (Å²) in [6.45, 7) is 5.47. The molecule has 0 aliphatic heterocycles. The molecule has 0 bridgehead atoms. The van der Waals surface area contributed by atoms with Crippen LogP contribution < -0.4 is 10.1 Å². The molecular formula is C24H25N3O3. The van der Waals surface area contributed by atoms with Gasteiger partial charge in [-0.1, -0.05) is 35.5 Å². The zero-order valence-electron chi connectivity index (χ0n) is 17.2. The Labute approximate surface area is 175 Å². The molecule has 0 aliphatic rings. The van der Waals surface area contributed by atoms with Gasteiger partial charge in [-0.15, -0.1) is 0 Å². The number of aryl methyl sites for hydroxylation is 3. The molecule has 6 nitrogen and oxygen atoms in total. The SMILES string of the molecule is Cc1noc(C)c1COc1ccccc1C(=O)NCCCn1ccc2ccccc21. The van der Waals surface area contributed by atoms with Crippen LogP contribution in [0.5, 0.6) is 5.75 Å². The van der Waals surface area contributed by atoms with Crippen LogP contribution in [0.2, 0.25) is 0 Å². The van der Waals surface area contributed by atoms with Gasteiger partial charge in [-0.05, 0) is 49.9 Å². The lowest BCUT2D eigenvalue weighted by atomic mass is 10.1. The van der Waals surface area contributed by atoms with Gasteiger partial charge in [-0.2, -0.15) is 0 Å². The van der Waals surface area contributed by atoms with Gasteiger partial charge in [0.2, 0.25) is 0 Å². The first-order valence-corrected chi connectivity index (χ1v) is 10.1. The highest BCUT2D eigenvalue weighted by Gasteiger charge is 2.14. The molecule has 2 aromatic carbocycles. The van der Waals surface area contributed by atoms with E-state index >= 15 is 0 Å². The number of fused-ring (bicyclic) bond motifs is 1. The summed E-state index contributed by atoms with van der Waals surface area (Å²) >= 11 is 0. The van der Waals surface area contributed by atoms with E-state index in [0.29, 0.717) is 24.5 Å². The third kappa shape index (κ3) is 4.22. The zero-order valence-corrected chi connectivity index (χ0v) is 17.2. The van der Waals surface area contributed by atoms with E-state index in [-0.39, 0.29) is 5.91 Å². The summed E-state index contributed by atoms with van der Waals surface area (Å²) in [5, 5.41) is 8.17. The summed E-state index contributed by atoms with van der Waals surface area (Å²) in [7, 11) is 0. The maximum Gasteiger partial charge on any atom is 0.255 e. The molecule has 0 saturated carbocycles. The first kappa shape index (κ1) is 19.8. The van der Waals surface area contributed by atoms with Crippen LogP contribution in [0.4, 0.5) is 0 Å². The van der Waals surface area contributed by atoms with Gasteiger partial charge in [0.15, 0.2) is 0 Å². The number of hydrogen-bond acceptors (Lipinski definition) is 4. The van der Waals surface area contributed by atoms with Crippen molar-refractivity contribution in [2.45, 2.75) is 33.4 Å². The van der Waals surface area contributed by atoms with E-state index in [0.717, 1.165) is 30.0 Å². The number of nitrogens with one attached hydrogen (secondary N) is 1. The maximum absolute atomic E-state index is 12.7. The number of nitrogens with zero attached hydrogens (tertiary/aromatic N) is 2. The molecule has 30 heavy (non-hydrogen) atoms. The van der Waals surface area contributed by atoms with Crippen LogP contribution in [0.15, 0.2) is 65.3 Å². The molecule has 0 unspecified atom stereocenters. The van der Waals surface area contributed by atoms with Crippen LogP contribution >= 0.6 is 0 Å². The first-order chi connectivity index (χ1) is 14.6. The lowest BCUT2D eigenvalue weighted by molar-refractivity contribution is 0.0948. The van der Waals surface area contributed by atoms with E-state index in [1.165, 1.54) is 10.9 Å².